The van der Waals surface area contributed by atoms with Crippen molar-refractivity contribution in [3.05, 3.63) is 59.7 Å². The topological polar surface area (TPSA) is 75.3 Å². The highest BCUT2D eigenvalue weighted by Crippen LogP contribution is 2.15. The standard InChI is InChI=1S/C17H20N2O3S/c1-3-13-8-10-15(11-9-13)18-17(20)14-6-5-7-16(12-14)19-23(21,22)4-2/h5-12,19H,3-4H2,1-2H3,(H,18,20). The maximum absolute atomic E-state index is 12.3. The molecule has 1 amide bonds. The van der Waals surface area contributed by atoms with E-state index in [0.29, 0.717) is 16.9 Å². The summed E-state index contributed by atoms with van der Waals surface area (Å²) in [5.74, 6) is -0.306. The largest absolute Gasteiger partial charge is 0.322 e. The van der Waals surface area contributed by atoms with Crippen LogP contribution in [-0.2, 0) is 16.4 Å². The first-order valence-corrected chi connectivity index (χ1v) is 9.09. The van der Waals surface area contributed by atoms with Crippen LogP contribution < -0.4 is 10.0 Å². The van der Waals surface area contributed by atoms with Crippen LogP contribution in [0.25, 0.3) is 0 Å². The molecule has 2 N–H and O–H groups in total. The van der Waals surface area contributed by atoms with Crippen molar-refractivity contribution in [1.82, 2.24) is 0 Å². The van der Waals surface area contributed by atoms with E-state index in [-0.39, 0.29) is 11.7 Å². The van der Waals surface area contributed by atoms with E-state index in [0.717, 1.165) is 6.42 Å². The average Bonchev–Trinajstić information content (AvgIpc) is 2.55. The number of sulfonamides is 1. The van der Waals surface area contributed by atoms with Crippen molar-refractivity contribution >= 4 is 27.3 Å². The van der Waals surface area contributed by atoms with E-state index in [4.69, 9.17) is 0 Å². The van der Waals surface area contributed by atoms with Crippen LogP contribution in [0.5, 0.6) is 0 Å². The van der Waals surface area contributed by atoms with Gasteiger partial charge in [0.25, 0.3) is 5.91 Å². The zero-order chi connectivity index (χ0) is 16.9. The molecule has 2 rings (SSSR count). The Balaban J connectivity index is 2.12. The molecule has 2 aromatic rings. The van der Waals surface area contributed by atoms with E-state index in [1.165, 1.54) is 11.6 Å². The molecule has 0 spiro atoms. The first-order valence-electron chi connectivity index (χ1n) is 7.44. The highest BCUT2D eigenvalue weighted by atomic mass is 32.2. The molecule has 2 aromatic carbocycles. The van der Waals surface area contributed by atoms with Gasteiger partial charge in [0.15, 0.2) is 0 Å². The number of anilines is 2. The molecule has 0 heterocycles. The Morgan fingerprint density at radius 3 is 2.30 bits per heavy atom. The van der Waals surface area contributed by atoms with Crippen molar-refractivity contribution < 1.29 is 13.2 Å². The van der Waals surface area contributed by atoms with Crippen molar-refractivity contribution in [3.63, 3.8) is 0 Å². The number of nitrogens with one attached hydrogen (secondary N) is 2. The Morgan fingerprint density at radius 1 is 1.00 bits per heavy atom. The third-order valence-electron chi connectivity index (χ3n) is 3.40. The summed E-state index contributed by atoms with van der Waals surface area (Å²) < 4.78 is 25.6. The van der Waals surface area contributed by atoms with Crippen molar-refractivity contribution in [2.45, 2.75) is 20.3 Å². The number of carbonyl (C=O) groups excluding carboxylic acids is 1. The first kappa shape index (κ1) is 17.0. The summed E-state index contributed by atoms with van der Waals surface area (Å²) in [5, 5.41) is 2.80. The van der Waals surface area contributed by atoms with Gasteiger partial charge in [0.1, 0.15) is 0 Å². The van der Waals surface area contributed by atoms with E-state index in [9.17, 15) is 13.2 Å². The van der Waals surface area contributed by atoms with Gasteiger partial charge in [-0.2, -0.15) is 0 Å². The number of amides is 1. The Labute approximate surface area is 136 Å². The molecule has 0 unspecified atom stereocenters. The lowest BCUT2D eigenvalue weighted by molar-refractivity contribution is 0.102. The number of hydrogen-bond acceptors (Lipinski definition) is 3. The molecule has 0 aliphatic carbocycles. The smallest absolute Gasteiger partial charge is 0.255 e. The molecule has 0 aliphatic heterocycles. The van der Waals surface area contributed by atoms with Crippen molar-refractivity contribution in [3.8, 4) is 0 Å². The molecule has 0 saturated carbocycles. The van der Waals surface area contributed by atoms with Gasteiger partial charge >= 0.3 is 0 Å². The highest BCUT2D eigenvalue weighted by Gasteiger charge is 2.10. The van der Waals surface area contributed by atoms with Crippen LogP contribution in [0.3, 0.4) is 0 Å². The summed E-state index contributed by atoms with van der Waals surface area (Å²) in [6, 6.07) is 14.0. The Hall–Kier alpha value is -2.34. The third kappa shape index (κ3) is 4.82. The predicted octanol–water partition coefficient (Wildman–Crippen LogP) is 3.26. The van der Waals surface area contributed by atoms with Crippen molar-refractivity contribution in [1.29, 1.82) is 0 Å². The van der Waals surface area contributed by atoms with Crippen LogP contribution in [-0.4, -0.2) is 20.1 Å². The lowest BCUT2D eigenvalue weighted by atomic mass is 10.1. The minimum absolute atomic E-state index is 0.0206. The van der Waals surface area contributed by atoms with Gasteiger partial charge in [-0.3, -0.25) is 9.52 Å². The number of hydrogen-bond donors (Lipinski definition) is 2. The SMILES string of the molecule is CCc1ccc(NC(=O)c2cccc(NS(=O)(=O)CC)c2)cc1. The number of rotatable bonds is 6. The second-order valence-corrected chi connectivity index (χ2v) is 7.10. The van der Waals surface area contributed by atoms with Gasteiger partial charge in [0.05, 0.1) is 5.75 Å². The molecule has 0 aliphatic rings. The second kappa shape index (κ2) is 7.28. The van der Waals surface area contributed by atoms with Gasteiger partial charge in [-0.1, -0.05) is 25.1 Å². The van der Waals surface area contributed by atoms with Crippen LogP contribution in [0, 0.1) is 0 Å². The molecular weight excluding hydrogens is 312 g/mol. The van der Waals surface area contributed by atoms with E-state index in [1.807, 2.05) is 24.3 Å². The van der Waals surface area contributed by atoms with E-state index < -0.39 is 10.0 Å². The maximum Gasteiger partial charge on any atom is 0.255 e. The van der Waals surface area contributed by atoms with Gasteiger partial charge < -0.3 is 5.32 Å². The van der Waals surface area contributed by atoms with Crippen LogP contribution in [0.4, 0.5) is 11.4 Å². The van der Waals surface area contributed by atoms with Gasteiger partial charge in [-0.25, -0.2) is 8.42 Å². The molecule has 0 aromatic heterocycles. The number of carbonyl (C=O) groups is 1. The predicted molar refractivity (Wildman–Crippen MR) is 93.3 cm³/mol. The highest BCUT2D eigenvalue weighted by molar-refractivity contribution is 7.92. The summed E-state index contributed by atoms with van der Waals surface area (Å²) in [4.78, 5) is 12.3. The molecular formula is C17H20N2O3S. The molecule has 23 heavy (non-hydrogen) atoms. The zero-order valence-corrected chi connectivity index (χ0v) is 14.0. The fourth-order valence-corrected chi connectivity index (χ4v) is 2.63. The summed E-state index contributed by atoms with van der Waals surface area (Å²) in [6.45, 7) is 3.62. The lowest BCUT2D eigenvalue weighted by Crippen LogP contribution is -2.16. The molecule has 5 nitrogen and oxygen atoms in total. The van der Waals surface area contributed by atoms with Gasteiger partial charge in [0, 0.05) is 16.9 Å². The normalized spacial score (nSPS) is 11.0. The van der Waals surface area contributed by atoms with Gasteiger partial charge in [0.2, 0.25) is 10.0 Å². The fraction of sp³-hybridized carbons (Fsp3) is 0.235. The Morgan fingerprint density at radius 2 is 1.70 bits per heavy atom. The molecule has 6 heteroatoms. The van der Waals surface area contributed by atoms with E-state index in [2.05, 4.69) is 17.0 Å². The Kier molecular flexibility index (Phi) is 5.39. The number of aryl methyl sites for hydroxylation is 1. The molecule has 0 saturated heterocycles. The molecule has 0 radical (unpaired) electrons. The number of benzene rings is 2. The molecule has 0 atom stereocenters. The van der Waals surface area contributed by atoms with E-state index in [1.54, 1.807) is 25.1 Å². The van der Waals surface area contributed by atoms with Crippen molar-refractivity contribution in [2.24, 2.45) is 0 Å². The van der Waals surface area contributed by atoms with Gasteiger partial charge in [-0.15, -0.1) is 0 Å². The maximum atomic E-state index is 12.3. The molecule has 0 fully saturated rings. The first-order chi connectivity index (χ1) is 10.9. The summed E-state index contributed by atoms with van der Waals surface area (Å²) in [5.41, 5.74) is 2.66. The van der Waals surface area contributed by atoms with Crippen LogP contribution in [0.2, 0.25) is 0 Å². The monoisotopic (exact) mass is 332 g/mol. The second-order valence-electron chi connectivity index (χ2n) is 5.09. The van der Waals surface area contributed by atoms with E-state index >= 15 is 0 Å². The zero-order valence-electron chi connectivity index (χ0n) is 13.2. The Bertz CT molecular complexity index is 784. The van der Waals surface area contributed by atoms with Gasteiger partial charge in [-0.05, 0) is 49.2 Å². The summed E-state index contributed by atoms with van der Waals surface area (Å²) >= 11 is 0. The minimum Gasteiger partial charge on any atom is -0.322 e. The van der Waals surface area contributed by atoms with Crippen LogP contribution in [0.15, 0.2) is 48.5 Å². The minimum atomic E-state index is -3.36. The van der Waals surface area contributed by atoms with Crippen molar-refractivity contribution in [2.75, 3.05) is 15.8 Å². The fourth-order valence-electron chi connectivity index (χ4n) is 2.00. The average molecular weight is 332 g/mol. The summed E-state index contributed by atoms with van der Waals surface area (Å²) in [6.07, 6.45) is 0.938. The molecule has 122 valence electrons. The third-order valence-corrected chi connectivity index (χ3v) is 4.70. The van der Waals surface area contributed by atoms with Crippen LogP contribution in [0.1, 0.15) is 29.8 Å². The lowest BCUT2D eigenvalue weighted by Gasteiger charge is -2.09. The summed E-state index contributed by atoms with van der Waals surface area (Å²) in [7, 11) is -3.36. The molecule has 0 bridgehead atoms. The quantitative estimate of drug-likeness (QED) is 0.852. The van der Waals surface area contributed by atoms with Crippen LogP contribution >= 0.6 is 0 Å².